The van der Waals surface area contributed by atoms with Gasteiger partial charge in [-0.25, -0.2) is 23.5 Å². The topological polar surface area (TPSA) is 137 Å². The molecule has 0 bridgehead atoms. The summed E-state index contributed by atoms with van der Waals surface area (Å²) in [6.07, 6.45) is 6.28. The van der Waals surface area contributed by atoms with Crippen molar-refractivity contribution in [3.63, 3.8) is 0 Å². The SMILES string of the molecule is N#CCC1(Cn2c(CN3CCC(Oc4ccc(F)c(COc5ccc(C#N)cc5F)c4)CC3)nc3ccc(/C=C/C(=O)O)nc32)CC1. The molecule has 240 valence electrons. The van der Waals surface area contributed by atoms with Gasteiger partial charge >= 0.3 is 5.97 Å². The maximum absolute atomic E-state index is 14.5. The smallest absolute Gasteiger partial charge is 0.328 e. The molecular formula is C35H32F2N6O4. The second kappa shape index (κ2) is 13.6. The summed E-state index contributed by atoms with van der Waals surface area (Å²) in [6.45, 7) is 2.49. The number of aromatic nitrogens is 3. The largest absolute Gasteiger partial charge is 0.490 e. The molecule has 1 aliphatic carbocycles. The van der Waals surface area contributed by atoms with Crippen LogP contribution in [-0.4, -0.2) is 49.7 Å². The highest BCUT2D eigenvalue weighted by Crippen LogP contribution is 2.50. The number of nitriles is 2. The van der Waals surface area contributed by atoms with Crippen molar-refractivity contribution in [1.82, 2.24) is 19.4 Å². The Bertz CT molecular complexity index is 1920. The third kappa shape index (κ3) is 7.56. The first kappa shape index (κ1) is 31.6. The van der Waals surface area contributed by atoms with Gasteiger partial charge in [0, 0.05) is 43.1 Å². The highest BCUT2D eigenvalue weighted by Gasteiger charge is 2.43. The number of hydrogen-bond acceptors (Lipinski definition) is 8. The Hall–Kier alpha value is -5.33. The summed E-state index contributed by atoms with van der Waals surface area (Å²) < 4.78 is 42.5. The molecule has 1 N–H and O–H groups in total. The molecule has 4 aromatic rings. The van der Waals surface area contributed by atoms with Gasteiger partial charge in [0.2, 0.25) is 0 Å². The van der Waals surface area contributed by atoms with Crippen LogP contribution in [0.3, 0.4) is 0 Å². The number of carboxylic acids is 1. The van der Waals surface area contributed by atoms with Crippen LogP contribution in [0.5, 0.6) is 11.5 Å². The van der Waals surface area contributed by atoms with E-state index in [-0.39, 0.29) is 35.0 Å². The number of fused-ring (bicyclic) bond motifs is 1. The van der Waals surface area contributed by atoms with Crippen LogP contribution in [0.4, 0.5) is 8.78 Å². The van der Waals surface area contributed by atoms with Gasteiger partial charge in [-0.1, -0.05) is 0 Å². The second-order valence-electron chi connectivity index (χ2n) is 12.1. The Kier molecular flexibility index (Phi) is 9.14. The zero-order chi connectivity index (χ0) is 33.0. The summed E-state index contributed by atoms with van der Waals surface area (Å²) in [7, 11) is 0. The number of hydrogen-bond donors (Lipinski definition) is 1. The standard InChI is InChI=1S/C35H32F2N6O4/c36-28-5-4-27(18-24(28)21-46-31-7-1-23(19-39)17-29(31)37)47-26-9-15-42(16-10-26)20-32-41-30-6-2-25(3-8-33(44)45)40-34(30)43(32)22-35(11-12-35)13-14-38/h1-8,17-18,26H,9-13,15-16,20-22H2,(H,44,45)/b8-3+. The number of imidazole rings is 1. The van der Waals surface area contributed by atoms with E-state index in [4.69, 9.17) is 29.8 Å². The van der Waals surface area contributed by atoms with Crippen LogP contribution in [0, 0.1) is 39.7 Å². The Morgan fingerprint density at radius 3 is 2.57 bits per heavy atom. The first-order valence-electron chi connectivity index (χ1n) is 15.4. The number of ether oxygens (including phenoxy) is 2. The summed E-state index contributed by atoms with van der Waals surface area (Å²) in [6, 6.07) is 16.1. The van der Waals surface area contributed by atoms with E-state index in [1.54, 1.807) is 18.2 Å². The van der Waals surface area contributed by atoms with Crippen molar-refractivity contribution in [2.75, 3.05) is 13.1 Å². The van der Waals surface area contributed by atoms with Gasteiger partial charge < -0.3 is 19.1 Å². The highest BCUT2D eigenvalue weighted by atomic mass is 19.1. The van der Waals surface area contributed by atoms with Crippen LogP contribution in [0.2, 0.25) is 0 Å². The molecule has 0 spiro atoms. The lowest BCUT2D eigenvalue weighted by Gasteiger charge is -2.32. The Morgan fingerprint density at radius 2 is 1.87 bits per heavy atom. The van der Waals surface area contributed by atoms with E-state index < -0.39 is 17.6 Å². The quantitative estimate of drug-likeness (QED) is 0.185. The minimum atomic E-state index is -1.05. The third-order valence-corrected chi connectivity index (χ3v) is 8.66. The number of carbonyl (C=O) groups is 1. The molecule has 6 rings (SSSR count). The first-order valence-corrected chi connectivity index (χ1v) is 15.4. The predicted octanol–water partition coefficient (Wildman–Crippen LogP) is 6.00. The molecule has 2 aromatic carbocycles. The van der Waals surface area contributed by atoms with Crippen molar-refractivity contribution >= 4 is 23.2 Å². The molecule has 0 unspecified atom stereocenters. The maximum atomic E-state index is 14.5. The molecule has 10 nitrogen and oxygen atoms in total. The summed E-state index contributed by atoms with van der Waals surface area (Å²) in [5.41, 5.74) is 2.21. The molecule has 12 heteroatoms. The second-order valence-corrected chi connectivity index (χ2v) is 12.1. The molecule has 1 saturated heterocycles. The average molecular weight is 639 g/mol. The van der Waals surface area contributed by atoms with Gasteiger partial charge in [0.05, 0.1) is 29.9 Å². The molecule has 0 amide bonds. The Balaban J connectivity index is 1.10. The number of piperidine rings is 1. The lowest BCUT2D eigenvalue weighted by atomic mass is 10.0. The molecule has 2 aliphatic rings. The fraction of sp³-hybridized carbons (Fsp3) is 0.343. The van der Waals surface area contributed by atoms with Gasteiger partial charge in [-0.15, -0.1) is 0 Å². The summed E-state index contributed by atoms with van der Waals surface area (Å²) in [5.74, 6) is -0.966. The van der Waals surface area contributed by atoms with E-state index in [1.807, 2.05) is 12.1 Å². The predicted molar refractivity (Wildman–Crippen MR) is 167 cm³/mol. The summed E-state index contributed by atoms with van der Waals surface area (Å²) in [4.78, 5) is 22.9. The van der Waals surface area contributed by atoms with Crippen LogP contribution in [0.1, 0.15) is 54.7 Å². The van der Waals surface area contributed by atoms with Gasteiger partial charge in [-0.05, 0) is 80.3 Å². The van der Waals surface area contributed by atoms with Crippen molar-refractivity contribution in [2.24, 2.45) is 5.41 Å². The zero-order valence-electron chi connectivity index (χ0n) is 25.5. The van der Waals surface area contributed by atoms with Gasteiger partial charge in [0.25, 0.3) is 0 Å². The van der Waals surface area contributed by atoms with E-state index in [0.29, 0.717) is 36.6 Å². The maximum Gasteiger partial charge on any atom is 0.328 e. The lowest BCUT2D eigenvalue weighted by Crippen LogP contribution is -2.38. The molecule has 47 heavy (non-hydrogen) atoms. The monoisotopic (exact) mass is 638 g/mol. The molecule has 3 heterocycles. The van der Waals surface area contributed by atoms with Crippen LogP contribution < -0.4 is 9.47 Å². The number of benzene rings is 2. The van der Waals surface area contributed by atoms with Gasteiger partial charge in [-0.2, -0.15) is 10.5 Å². The summed E-state index contributed by atoms with van der Waals surface area (Å²) in [5, 5.41) is 27.4. The van der Waals surface area contributed by atoms with E-state index in [9.17, 15) is 18.8 Å². The average Bonchev–Trinajstić information content (AvgIpc) is 3.75. The van der Waals surface area contributed by atoms with Gasteiger partial charge in [0.1, 0.15) is 35.6 Å². The van der Waals surface area contributed by atoms with Crippen molar-refractivity contribution in [3.05, 3.63) is 88.9 Å². The molecule has 2 fully saturated rings. The highest BCUT2D eigenvalue weighted by molar-refractivity contribution is 5.85. The van der Waals surface area contributed by atoms with E-state index in [0.717, 1.165) is 62.3 Å². The molecule has 2 aromatic heterocycles. The number of carboxylic acid groups (broad SMARTS) is 1. The van der Waals surface area contributed by atoms with Crippen molar-refractivity contribution in [3.8, 4) is 23.6 Å². The number of nitrogens with zero attached hydrogens (tertiary/aromatic N) is 6. The van der Waals surface area contributed by atoms with E-state index in [1.165, 1.54) is 24.3 Å². The van der Waals surface area contributed by atoms with Crippen molar-refractivity contribution in [2.45, 2.75) is 57.9 Å². The normalized spacial score (nSPS) is 16.2. The van der Waals surface area contributed by atoms with Crippen molar-refractivity contribution in [1.29, 1.82) is 10.5 Å². The van der Waals surface area contributed by atoms with Gasteiger partial charge in [0.15, 0.2) is 17.2 Å². The Labute approximate surface area is 270 Å². The van der Waals surface area contributed by atoms with Crippen LogP contribution in [0.15, 0.2) is 54.6 Å². The fourth-order valence-electron chi connectivity index (χ4n) is 5.83. The molecular weight excluding hydrogens is 606 g/mol. The number of aliphatic carboxylic acids is 1. The summed E-state index contributed by atoms with van der Waals surface area (Å²) >= 11 is 0. The number of likely N-dealkylation sites (tertiary alicyclic amines) is 1. The molecule has 1 saturated carbocycles. The first-order chi connectivity index (χ1) is 22.7. The van der Waals surface area contributed by atoms with E-state index >= 15 is 0 Å². The fourth-order valence-corrected chi connectivity index (χ4v) is 5.83. The minimum absolute atomic E-state index is 0.0702. The zero-order valence-corrected chi connectivity index (χ0v) is 25.5. The molecule has 1 aliphatic heterocycles. The Morgan fingerprint density at radius 1 is 1.06 bits per heavy atom. The van der Waals surface area contributed by atoms with Crippen LogP contribution in [-0.2, 0) is 24.5 Å². The van der Waals surface area contributed by atoms with Crippen molar-refractivity contribution < 1.29 is 28.2 Å². The van der Waals surface area contributed by atoms with Crippen LogP contribution >= 0.6 is 0 Å². The number of rotatable bonds is 12. The third-order valence-electron chi connectivity index (χ3n) is 8.66. The lowest BCUT2D eigenvalue weighted by molar-refractivity contribution is -0.131. The van der Waals surface area contributed by atoms with Crippen LogP contribution in [0.25, 0.3) is 17.2 Å². The van der Waals surface area contributed by atoms with Gasteiger partial charge in [-0.3, -0.25) is 4.90 Å². The number of pyridine rings is 1. The molecule has 0 radical (unpaired) electrons. The molecule has 0 atom stereocenters. The van der Waals surface area contributed by atoms with E-state index in [2.05, 4.69) is 15.5 Å². The minimum Gasteiger partial charge on any atom is -0.490 e. The number of halogens is 2.